The van der Waals surface area contributed by atoms with E-state index in [9.17, 15) is 10.2 Å². The van der Waals surface area contributed by atoms with Gasteiger partial charge in [0.05, 0.1) is 11.0 Å². The first kappa shape index (κ1) is 16.8. The fourth-order valence-corrected chi connectivity index (χ4v) is 6.50. The van der Waals surface area contributed by atoms with E-state index in [-0.39, 0.29) is 23.9 Å². The molecule has 0 radical (unpaired) electrons. The third-order valence-corrected chi connectivity index (χ3v) is 7.70. The Morgan fingerprint density at radius 3 is 2.86 bits per heavy atom. The SMILES string of the molecule is Oc1ccc2c3c1O[C@@H]1[C@H](NCc4ccccc4)CC[C@]4(O)C(C2)NCC[C@@]314. The number of piperidine rings is 1. The fourth-order valence-electron chi connectivity index (χ4n) is 6.50. The predicted molar refractivity (Wildman–Crippen MR) is 106 cm³/mol. The molecule has 1 saturated heterocycles. The molecular formula is C23H26N2O3. The highest BCUT2D eigenvalue weighted by Crippen LogP contribution is 2.64. The van der Waals surface area contributed by atoms with Crippen molar-refractivity contribution in [2.24, 2.45) is 0 Å². The molecular weight excluding hydrogens is 352 g/mol. The molecule has 28 heavy (non-hydrogen) atoms. The number of phenolic OH excluding ortho intramolecular Hbond substituents is 1. The maximum Gasteiger partial charge on any atom is 0.165 e. The number of aromatic hydroxyl groups is 1. The van der Waals surface area contributed by atoms with Crippen molar-refractivity contribution >= 4 is 0 Å². The number of hydrogen-bond acceptors (Lipinski definition) is 5. The molecule has 4 N–H and O–H groups in total. The van der Waals surface area contributed by atoms with Gasteiger partial charge in [0.2, 0.25) is 0 Å². The highest BCUT2D eigenvalue weighted by molar-refractivity contribution is 5.62. The molecule has 2 aliphatic heterocycles. The number of ether oxygens (including phenoxy) is 1. The molecule has 1 unspecified atom stereocenters. The van der Waals surface area contributed by atoms with E-state index in [0.29, 0.717) is 5.75 Å². The highest BCUT2D eigenvalue weighted by Gasteiger charge is 2.71. The minimum atomic E-state index is -0.827. The van der Waals surface area contributed by atoms with E-state index in [1.165, 1.54) is 11.1 Å². The zero-order valence-corrected chi connectivity index (χ0v) is 15.8. The molecule has 1 saturated carbocycles. The van der Waals surface area contributed by atoms with Crippen LogP contribution in [-0.2, 0) is 18.4 Å². The van der Waals surface area contributed by atoms with E-state index in [1.54, 1.807) is 6.07 Å². The summed E-state index contributed by atoms with van der Waals surface area (Å²) in [4.78, 5) is 0. The number of rotatable bonds is 3. The molecule has 5 heteroatoms. The minimum absolute atomic E-state index is 0.0467. The van der Waals surface area contributed by atoms with Gasteiger partial charge in [-0.15, -0.1) is 0 Å². The van der Waals surface area contributed by atoms with E-state index in [0.717, 1.165) is 44.3 Å². The number of hydrogen-bond donors (Lipinski definition) is 4. The minimum Gasteiger partial charge on any atom is -0.504 e. The van der Waals surface area contributed by atoms with Crippen molar-refractivity contribution in [2.45, 2.75) is 61.4 Å². The molecule has 2 heterocycles. The average Bonchev–Trinajstić information content (AvgIpc) is 3.05. The van der Waals surface area contributed by atoms with Crippen LogP contribution in [0.2, 0.25) is 0 Å². The quantitative estimate of drug-likeness (QED) is 0.657. The van der Waals surface area contributed by atoms with E-state index < -0.39 is 11.0 Å². The molecule has 2 aromatic carbocycles. The summed E-state index contributed by atoms with van der Waals surface area (Å²) in [6, 6.07) is 14.3. The topological polar surface area (TPSA) is 73.8 Å². The first-order valence-corrected chi connectivity index (χ1v) is 10.4. The van der Waals surface area contributed by atoms with Gasteiger partial charge in [0, 0.05) is 24.2 Å². The Hall–Kier alpha value is -2.08. The van der Waals surface area contributed by atoms with Crippen molar-refractivity contribution in [3.8, 4) is 11.5 Å². The molecule has 2 aromatic rings. The molecule has 1 spiro atoms. The first-order valence-electron chi connectivity index (χ1n) is 10.4. The van der Waals surface area contributed by atoms with Crippen LogP contribution >= 0.6 is 0 Å². The zero-order chi connectivity index (χ0) is 18.9. The van der Waals surface area contributed by atoms with Crippen LogP contribution in [-0.4, -0.2) is 40.5 Å². The number of aliphatic hydroxyl groups is 1. The van der Waals surface area contributed by atoms with Crippen LogP contribution in [0, 0.1) is 0 Å². The van der Waals surface area contributed by atoms with E-state index >= 15 is 0 Å². The smallest absolute Gasteiger partial charge is 0.165 e. The molecule has 2 fully saturated rings. The lowest BCUT2D eigenvalue weighted by molar-refractivity contribution is -0.157. The van der Waals surface area contributed by atoms with Crippen LogP contribution < -0.4 is 15.4 Å². The van der Waals surface area contributed by atoms with Gasteiger partial charge in [0.15, 0.2) is 11.5 Å². The molecule has 4 aliphatic rings. The van der Waals surface area contributed by atoms with Gasteiger partial charge in [-0.1, -0.05) is 36.4 Å². The molecule has 2 bridgehead atoms. The molecule has 0 aromatic heterocycles. The Labute approximate surface area is 164 Å². The van der Waals surface area contributed by atoms with Gasteiger partial charge in [-0.25, -0.2) is 0 Å². The number of nitrogens with one attached hydrogen (secondary N) is 2. The summed E-state index contributed by atoms with van der Waals surface area (Å²) in [5.41, 5.74) is 2.25. The van der Waals surface area contributed by atoms with Crippen LogP contribution in [0.15, 0.2) is 42.5 Å². The Bertz CT molecular complexity index is 933. The average molecular weight is 378 g/mol. The largest absolute Gasteiger partial charge is 0.504 e. The van der Waals surface area contributed by atoms with Crippen LogP contribution in [0.25, 0.3) is 0 Å². The lowest BCUT2D eigenvalue weighted by Gasteiger charge is -2.61. The summed E-state index contributed by atoms with van der Waals surface area (Å²) in [6.07, 6.45) is 3.06. The van der Waals surface area contributed by atoms with Gasteiger partial charge in [-0.3, -0.25) is 0 Å². The van der Waals surface area contributed by atoms with E-state index in [4.69, 9.17) is 4.74 Å². The van der Waals surface area contributed by atoms with Crippen molar-refractivity contribution in [3.63, 3.8) is 0 Å². The molecule has 146 valence electrons. The Morgan fingerprint density at radius 2 is 2.00 bits per heavy atom. The van der Waals surface area contributed by atoms with Crippen molar-refractivity contribution in [2.75, 3.05) is 6.54 Å². The van der Waals surface area contributed by atoms with Crippen molar-refractivity contribution in [3.05, 3.63) is 59.2 Å². The summed E-state index contributed by atoms with van der Waals surface area (Å²) in [6.45, 7) is 1.64. The molecule has 0 amide bonds. The highest BCUT2D eigenvalue weighted by atomic mass is 16.5. The third-order valence-electron chi connectivity index (χ3n) is 7.70. The first-order chi connectivity index (χ1) is 13.6. The number of benzene rings is 2. The zero-order valence-electron chi connectivity index (χ0n) is 15.8. The van der Waals surface area contributed by atoms with Gasteiger partial charge >= 0.3 is 0 Å². The lowest BCUT2D eigenvalue weighted by atomic mass is 9.49. The van der Waals surface area contributed by atoms with E-state index in [2.05, 4.69) is 34.9 Å². The summed E-state index contributed by atoms with van der Waals surface area (Å²) in [5.74, 6) is 0.804. The van der Waals surface area contributed by atoms with Crippen molar-refractivity contribution in [1.29, 1.82) is 0 Å². The van der Waals surface area contributed by atoms with Crippen LogP contribution in [0.1, 0.15) is 36.0 Å². The molecule has 6 rings (SSSR count). The monoisotopic (exact) mass is 378 g/mol. The Balaban J connectivity index is 1.43. The van der Waals surface area contributed by atoms with Crippen molar-refractivity contribution < 1.29 is 14.9 Å². The molecule has 5 nitrogen and oxygen atoms in total. The summed E-state index contributed by atoms with van der Waals surface area (Å²) in [7, 11) is 0. The second-order valence-corrected chi connectivity index (χ2v) is 8.85. The van der Waals surface area contributed by atoms with Gasteiger partial charge in [-0.05, 0) is 49.4 Å². The molecule has 5 atom stereocenters. The van der Waals surface area contributed by atoms with E-state index in [1.807, 2.05) is 12.1 Å². The van der Waals surface area contributed by atoms with Gasteiger partial charge in [-0.2, -0.15) is 0 Å². The van der Waals surface area contributed by atoms with Crippen molar-refractivity contribution in [1.82, 2.24) is 10.6 Å². The Morgan fingerprint density at radius 1 is 1.14 bits per heavy atom. The Kier molecular flexibility index (Phi) is 3.44. The third kappa shape index (κ3) is 1.97. The second kappa shape index (κ2) is 5.72. The standard InChI is InChI=1S/C23H26N2O3/c26-17-7-6-15-12-18-23(27)9-8-16(25-13-14-4-2-1-3-5-14)21-22(23,10-11-24-18)19(15)20(17)28-21/h1-7,16,18,21,24-27H,8-13H2/t16-,18?,21-,22-,23+/m1/s1. The van der Waals surface area contributed by atoms with Crippen LogP contribution in [0.4, 0.5) is 0 Å². The summed E-state index contributed by atoms with van der Waals surface area (Å²) >= 11 is 0. The van der Waals surface area contributed by atoms with Crippen LogP contribution in [0.5, 0.6) is 11.5 Å². The summed E-state index contributed by atoms with van der Waals surface area (Å²) < 4.78 is 6.48. The maximum atomic E-state index is 12.0. The summed E-state index contributed by atoms with van der Waals surface area (Å²) in [5, 5.41) is 29.8. The van der Waals surface area contributed by atoms with Crippen LogP contribution in [0.3, 0.4) is 0 Å². The van der Waals surface area contributed by atoms with Gasteiger partial charge in [0.25, 0.3) is 0 Å². The fraction of sp³-hybridized carbons (Fsp3) is 0.478. The van der Waals surface area contributed by atoms with Gasteiger partial charge in [0.1, 0.15) is 6.10 Å². The lowest BCUT2D eigenvalue weighted by Crippen LogP contribution is -2.77. The molecule has 2 aliphatic carbocycles. The normalized spacial score (nSPS) is 37.2. The van der Waals surface area contributed by atoms with Gasteiger partial charge < -0.3 is 25.6 Å². The second-order valence-electron chi connectivity index (χ2n) is 8.85. The maximum absolute atomic E-state index is 12.0. The number of phenols is 1. The predicted octanol–water partition coefficient (Wildman–Crippen LogP) is 1.99.